The van der Waals surface area contributed by atoms with Crippen LogP contribution in [0.4, 0.5) is 5.82 Å². The maximum atomic E-state index is 11.2. The zero-order chi connectivity index (χ0) is 15.5. The number of sulfonamides is 1. The minimum absolute atomic E-state index is 0.0992. The van der Waals surface area contributed by atoms with E-state index in [9.17, 15) is 8.42 Å². The summed E-state index contributed by atoms with van der Waals surface area (Å²) in [5, 5.41) is 7.81. The smallest absolute Gasteiger partial charge is 0.257 e. The summed E-state index contributed by atoms with van der Waals surface area (Å²) in [5.41, 5.74) is 1.11. The summed E-state index contributed by atoms with van der Waals surface area (Å²) in [6.07, 6.45) is 8.43. The van der Waals surface area contributed by atoms with Gasteiger partial charge in [-0.05, 0) is 32.3 Å². The molecule has 7 nitrogen and oxygen atoms in total. The summed E-state index contributed by atoms with van der Waals surface area (Å²) < 4.78 is 22.4. The van der Waals surface area contributed by atoms with E-state index in [-0.39, 0.29) is 10.6 Å². The average molecular weight is 309 g/mol. The Morgan fingerprint density at radius 1 is 1.33 bits per heavy atom. The minimum atomic E-state index is -3.82. The molecule has 0 aliphatic carbocycles. The number of hydrogen-bond donors (Lipinski definition) is 2. The number of hydrogen-bond acceptors (Lipinski definition) is 6. The molecule has 114 valence electrons. The molecule has 0 bridgehead atoms. The number of nitrogens with one attached hydrogen (secondary N) is 1. The van der Waals surface area contributed by atoms with Crippen LogP contribution in [0.5, 0.6) is 0 Å². The molecule has 1 aliphatic heterocycles. The van der Waals surface area contributed by atoms with Crippen LogP contribution >= 0.6 is 0 Å². The monoisotopic (exact) mass is 309 g/mol. The first-order chi connectivity index (χ1) is 9.76. The van der Waals surface area contributed by atoms with Crippen molar-refractivity contribution in [1.29, 1.82) is 0 Å². The van der Waals surface area contributed by atoms with Crippen molar-refractivity contribution in [2.45, 2.75) is 37.3 Å². The molecule has 21 heavy (non-hydrogen) atoms. The molecule has 0 radical (unpaired) electrons. The lowest BCUT2D eigenvalue weighted by molar-refractivity contribution is 0.593. The molecule has 1 aliphatic rings. The molecule has 0 fully saturated rings. The highest BCUT2D eigenvalue weighted by molar-refractivity contribution is 7.89. The highest BCUT2D eigenvalue weighted by atomic mass is 32.2. The van der Waals surface area contributed by atoms with Crippen LogP contribution in [0.3, 0.4) is 0 Å². The summed E-state index contributed by atoms with van der Waals surface area (Å²) in [5.74, 6) is 0.399. The van der Waals surface area contributed by atoms with Gasteiger partial charge in [-0.3, -0.25) is 9.98 Å². The SMILES string of the molecule is CC1(C)C=C(CCCNc2cncc(S(N)(=O)=O)n2)C=N1. The second-order valence-corrected chi connectivity index (χ2v) is 6.96. The Morgan fingerprint density at radius 2 is 2.10 bits per heavy atom. The Hall–Kier alpha value is -1.80. The number of allylic oxidation sites excluding steroid dienone is 1. The van der Waals surface area contributed by atoms with Gasteiger partial charge in [0.25, 0.3) is 10.0 Å². The highest BCUT2D eigenvalue weighted by Crippen LogP contribution is 2.21. The van der Waals surface area contributed by atoms with E-state index in [0.717, 1.165) is 19.0 Å². The van der Waals surface area contributed by atoms with Gasteiger partial charge >= 0.3 is 0 Å². The van der Waals surface area contributed by atoms with Gasteiger partial charge in [0.1, 0.15) is 5.82 Å². The van der Waals surface area contributed by atoms with Crippen LogP contribution in [-0.4, -0.2) is 36.7 Å². The standard InChI is InChI=1S/C13H19N5O2S/c1-13(2)6-10(7-17-13)4-3-5-16-11-8-15-9-12(18-11)21(14,19)20/h6-9H,3-5H2,1-2H3,(H,16,18)(H2,14,19,20). The molecule has 0 amide bonds. The molecule has 0 saturated heterocycles. The van der Waals surface area contributed by atoms with Gasteiger partial charge in [0.2, 0.25) is 0 Å². The molecule has 0 spiro atoms. The zero-order valence-corrected chi connectivity index (χ0v) is 12.9. The molecule has 0 saturated carbocycles. The van der Waals surface area contributed by atoms with Crippen molar-refractivity contribution >= 4 is 22.1 Å². The van der Waals surface area contributed by atoms with E-state index in [2.05, 4.69) is 40.2 Å². The lowest BCUT2D eigenvalue weighted by atomic mass is 10.0. The summed E-state index contributed by atoms with van der Waals surface area (Å²) in [6, 6.07) is 0. The Labute approximate surface area is 124 Å². The molecule has 1 aromatic rings. The summed E-state index contributed by atoms with van der Waals surface area (Å²) >= 11 is 0. The molecule has 3 N–H and O–H groups in total. The fourth-order valence-corrected chi connectivity index (χ4v) is 2.43. The van der Waals surface area contributed by atoms with Crippen LogP contribution in [0, 0.1) is 0 Å². The Bertz CT molecular complexity index is 680. The van der Waals surface area contributed by atoms with Crippen LogP contribution in [0.2, 0.25) is 0 Å². The van der Waals surface area contributed by atoms with Crippen LogP contribution in [0.15, 0.2) is 34.1 Å². The quantitative estimate of drug-likeness (QED) is 0.765. The van der Waals surface area contributed by atoms with Gasteiger partial charge < -0.3 is 5.32 Å². The molecule has 0 aromatic carbocycles. The number of anilines is 1. The normalized spacial score (nSPS) is 16.8. The third-order valence-electron chi connectivity index (χ3n) is 2.95. The lowest BCUT2D eigenvalue weighted by Gasteiger charge is -2.08. The van der Waals surface area contributed by atoms with E-state index in [0.29, 0.717) is 12.4 Å². The van der Waals surface area contributed by atoms with E-state index < -0.39 is 10.0 Å². The van der Waals surface area contributed by atoms with E-state index in [4.69, 9.17) is 5.14 Å². The Kier molecular flexibility index (Phi) is 4.38. The number of aliphatic imine (C=N–C) groups is 1. The summed E-state index contributed by atoms with van der Waals surface area (Å²) in [4.78, 5) is 12.1. The fourth-order valence-electron chi connectivity index (χ4n) is 1.99. The van der Waals surface area contributed by atoms with Crippen molar-refractivity contribution in [3.05, 3.63) is 24.0 Å². The molecular weight excluding hydrogens is 290 g/mol. The van der Waals surface area contributed by atoms with Crippen molar-refractivity contribution in [2.24, 2.45) is 10.1 Å². The van der Waals surface area contributed by atoms with Crippen LogP contribution in [0.1, 0.15) is 26.7 Å². The number of primary sulfonamides is 1. The number of rotatable bonds is 6. The minimum Gasteiger partial charge on any atom is -0.369 e. The van der Waals surface area contributed by atoms with Gasteiger partial charge in [0, 0.05) is 12.8 Å². The summed E-state index contributed by atoms with van der Waals surface area (Å²) in [6.45, 7) is 4.78. The maximum absolute atomic E-state index is 11.2. The van der Waals surface area contributed by atoms with Gasteiger partial charge in [-0.1, -0.05) is 6.08 Å². The topological polar surface area (TPSA) is 110 Å². The fraction of sp³-hybridized carbons (Fsp3) is 0.462. The third-order valence-corrected chi connectivity index (χ3v) is 3.73. The van der Waals surface area contributed by atoms with Crippen molar-refractivity contribution in [1.82, 2.24) is 9.97 Å². The predicted octanol–water partition coefficient (Wildman–Crippen LogP) is 1.11. The second kappa shape index (κ2) is 5.90. The lowest BCUT2D eigenvalue weighted by Crippen LogP contribution is -2.15. The van der Waals surface area contributed by atoms with Gasteiger partial charge in [0.15, 0.2) is 5.03 Å². The number of nitrogens with two attached hydrogens (primary N) is 1. The Balaban J connectivity index is 1.84. The van der Waals surface area contributed by atoms with E-state index in [1.807, 2.05) is 6.21 Å². The largest absolute Gasteiger partial charge is 0.369 e. The van der Waals surface area contributed by atoms with Gasteiger partial charge in [-0.2, -0.15) is 0 Å². The molecule has 0 atom stereocenters. The molecule has 2 heterocycles. The molecule has 0 unspecified atom stereocenters. The Morgan fingerprint density at radius 3 is 2.71 bits per heavy atom. The zero-order valence-electron chi connectivity index (χ0n) is 12.1. The van der Waals surface area contributed by atoms with Gasteiger partial charge in [0.05, 0.1) is 17.9 Å². The highest BCUT2D eigenvalue weighted by Gasteiger charge is 2.17. The van der Waals surface area contributed by atoms with E-state index in [1.165, 1.54) is 11.8 Å². The first-order valence-corrected chi connectivity index (χ1v) is 8.17. The second-order valence-electron chi connectivity index (χ2n) is 5.45. The van der Waals surface area contributed by atoms with E-state index in [1.54, 1.807) is 0 Å². The van der Waals surface area contributed by atoms with Crippen molar-refractivity contribution < 1.29 is 8.42 Å². The van der Waals surface area contributed by atoms with Crippen molar-refractivity contribution in [3.63, 3.8) is 0 Å². The summed E-state index contributed by atoms with van der Waals surface area (Å²) in [7, 11) is -3.82. The molecule has 8 heteroatoms. The van der Waals surface area contributed by atoms with Crippen molar-refractivity contribution in [2.75, 3.05) is 11.9 Å². The van der Waals surface area contributed by atoms with Crippen LogP contribution < -0.4 is 10.5 Å². The number of aromatic nitrogens is 2. The number of nitrogens with zero attached hydrogens (tertiary/aromatic N) is 3. The van der Waals surface area contributed by atoms with Gasteiger partial charge in [-0.15, -0.1) is 0 Å². The van der Waals surface area contributed by atoms with Crippen molar-refractivity contribution in [3.8, 4) is 0 Å². The van der Waals surface area contributed by atoms with Crippen LogP contribution in [-0.2, 0) is 10.0 Å². The van der Waals surface area contributed by atoms with Crippen LogP contribution in [0.25, 0.3) is 0 Å². The van der Waals surface area contributed by atoms with Gasteiger partial charge in [-0.25, -0.2) is 18.5 Å². The predicted molar refractivity (Wildman–Crippen MR) is 81.8 cm³/mol. The molecule has 1 aromatic heterocycles. The maximum Gasteiger partial charge on any atom is 0.257 e. The van der Waals surface area contributed by atoms with E-state index >= 15 is 0 Å². The average Bonchev–Trinajstić information content (AvgIpc) is 2.74. The molecular formula is C13H19N5O2S. The molecule has 2 rings (SSSR count). The first kappa shape index (κ1) is 15.6. The first-order valence-electron chi connectivity index (χ1n) is 6.62. The third kappa shape index (κ3) is 4.61.